The predicted octanol–water partition coefficient (Wildman–Crippen LogP) is 3.57. The Labute approximate surface area is 154 Å². The molecule has 136 valence electrons. The molecule has 0 spiro atoms. The number of benzene rings is 1. The van der Waals surface area contributed by atoms with E-state index in [-0.39, 0.29) is 5.12 Å². The number of hydrogen-bond acceptors (Lipinski definition) is 6. The third-order valence-electron chi connectivity index (χ3n) is 4.60. The number of thioether (sulfide) groups is 1. The van der Waals surface area contributed by atoms with Crippen LogP contribution in [0.25, 0.3) is 6.08 Å². The molecule has 0 atom stereocenters. The summed E-state index contributed by atoms with van der Waals surface area (Å²) < 4.78 is 17.5. The van der Waals surface area contributed by atoms with E-state index in [1.165, 1.54) is 11.8 Å². The molecule has 1 aromatic carbocycles. The topological polar surface area (TPSA) is 70.8 Å². The van der Waals surface area contributed by atoms with Crippen LogP contribution in [0.1, 0.15) is 40.2 Å². The lowest BCUT2D eigenvalue weighted by atomic mass is 9.78. The molecule has 1 aliphatic heterocycles. The lowest BCUT2D eigenvalue weighted by Gasteiger charge is -2.32. The molecule has 0 unspecified atom stereocenters. The molecule has 0 amide bonds. The van der Waals surface area contributed by atoms with Gasteiger partial charge < -0.3 is 19.8 Å². The molecular weight excluding hydrogens is 337 g/mol. The highest BCUT2D eigenvalue weighted by molar-refractivity contribution is 8.13. The van der Waals surface area contributed by atoms with Crippen LogP contribution in [0.2, 0.25) is 0 Å². The summed E-state index contributed by atoms with van der Waals surface area (Å²) in [5.74, 6) is 1.13. The fourth-order valence-electron chi connectivity index (χ4n) is 2.41. The molecule has 1 saturated heterocycles. The zero-order valence-electron chi connectivity index (χ0n) is 15.7. The van der Waals surface area contributed by atoms with Gasteiger partial charge in [0, 0.05) is 12.7 Å². The van der Waals surface area contributed by atoms with E-state index in [4.69, 9.17) is 19.8 Å². The highest BCUT2D eigenvalue weighted by atomic mass is 32.2. The highest BCUT2D eigenvalue weighted by Gasteiger charge is 2.52. The molecule has 0 bridgehead atoms. The number of carbonyl (C=O) groups excluding carboxylic acids is 1. The first-order valence-corrected chi connectivity index (χ1v) is 9.17. The van der Waals surface area contributed by atoms with Gasteiger partial charge in [0.05, 0.1) is 24.0 Å². The van der Waals surface area contributed by atoms with Crippen molar-refractivity contribution < 1.29 is 18.8 Å². The van der Waals surface area contributed by atoms with Crippen molar-refractivity contribution in [2.24, 2.45) is 0 Å². The zero-order chi connectivity index (χ0) is 18.8. The first-order valence-electron chi connectivity index (χ1n) is 8.19. The number of anilines is 1. The Morgan fingerprint density at radius 2 is 1.88 bits per heavy atom. The maximum absolute atomic E-state index is 11.4. The standard InChI is InChI=1S/C18H26BNO4S/c1-12(21)25-11-14(19-23-17(2,3)18(4,5)24-19)9-13-7-8-16(22-6)15(20)10-13/h7-10H,11,20H2,1-6H3. The van der Waals surface area contributed by atoms with E-state index in [1.807, 2.05) is 52.0 Å². The summed E-state index contributed by atoms with van der Waals surface area (Å²) in [5.41, 5.74) is 7.49. The number of rotatable bonds is 5. The van der Waals surface area contributed by atoms with Crippen molar-refractivity contribution in [3.63, 3.8) is 0 Å². The minimum atomic E-state index is -0.500. The monoisotopic (exact) mass is 363 g/mol. The molecular formula is C18H26BNO4S. The molecule has 5 nitrogen and oxygen atoms in total. The van der Waals surface area contributed by atoms with E-state index in [9.17, 15) is 4.79 Å². The summed E-state index contributed by atoms with van der Waals surface area (Å²) in [6.45, 7) is 9.59. The second kappa shape index (κ2) is 7.44. The quantitative estimate of drug-likeness (QED) is 0.637. The fourth-order valence-corrected chi connectivity index (χ4v) is 3.00. The lowest BCUT2D eigenvalue weighted by Crippen LogP contribution is -2.41. The van der Waals surface area contributed by atoms with Gasteiger partial charge in [-0.1, -0.05) is 23.9 Å². The number of hydrogen-bond donors (Lipinski definition) is 1. The summed E-state index contributed by atoms with van der Waals surface area (Å²) in [5, 5.41) is 0.0525. The van der Waals surface area contributed by atoms with Gasteiger partial charge in [-0.3, -0.25) is 4.79 Å². The van der Waals surface area contributed by atoms with Crippen LogP contribution in [0.5, 0.6) is 5.75 Å². The third kappa shape index (κ3) is 4.60. The Balaban J connectivity index is 2.33. The van der Waals surface area contributed by atoms with Gasteiger partial charge in [-0.15, -0.1) is 0 Å². The first kappa shape index (κ1) is 19.9. The van der Waals surface area contributed by atoms with Crippen molar-refractivity contribution >= 4 is 35.8 Å². The number of methoxy groups -OCH3 is 1. The third-order valence-corrected chi connectivity index (χ3v) is 5.49. The van der Waals surface area contributed by atoms with Crippen molar-refractivity contribution in [2.45, 2.75) is 45.8 Å². The lowest BCUT2D eigenvalue weighted by molar-refractivity contribution is -0.109. The van der Waals surface area contributed by atoms with Crippen LogP contribution in [0.4, 0.5) is 5.69 Å². The maximum atomic E-state index is 11.4. The minimum Gasteiger partial charge on any atom is -0.495 e. The maximum Gasteiger partial charge on any atom is 0.491 e. The second-order valence-electron chi connectivity index (χ2n) is 7.09. The van der Waals surface area contributed by atoms with E-state index >= 15 is 0 Å². The summed E-state index contributed by atoms with van der Waals surface area (Å²) in [4.78, 5) is 11.4. The Hall–Kier alpha value is -1.44. The Morgan fingerprint density at radius 1 is 1.28 bits per heavy atom. The van der Waals surface area contributed by atoms with E-state index < -0.39 is 18.3 Å². The van der Waals surface area contributed by atoms with Gasteiger partial charge in [0.1, 0.15) is 5.75 Å². The Bertz CT molecular complexity index is 672. The summed E-state index contributed by atoms with van der Waals surface area (Å²) >= 11 is 1.23. The number of nitrogen functional groups attached to an aromatic ring is 1. The molecule has 0 aliphatic carbocycles. The van der Waals surface area contributed by atoms with Gasteiger partial charge >= 0.3 is 7.12 Å². The van der Waals surface area contributed by atoms with Crippen LogP contribution in [0.3, 0.4) is 0 Å². The molecule has 1 aromatic rings. The molecule has 0 aromatic heterocycles. The average molecular weight is 363 g/mol. The van der Waals surface area contributed by atoms with Crippen molar-refractivity contribution in [3.05, 3.63) is 29.2 Å². The Morgan fingerprint density at radius 3 is 2.36 bits per heavy atom. The van der Waals surface area contributed by atoms with Crippen LogP contribution < -0.4 is 10.5 Å². The van der Waals surface area contributed by atoms with Crippen molar-refractivity contribution in [2.75, 3.05) is 18.6 Å². The van der Waals surface area contributed by atoms with Crippen LogP contribution >= 0.6 is 11.8 Å². The van der Waals surface area contributed by atoms with Gasteiger partial charge in [-0.25, -0.2) is 0 Å². The smallest absolute Gasteiger partial charge is 0.491 e. The molecule has 0 radical (unpaired) electrons. The van der Waals surface area contributed by atoms with Crippen molar-refractivity contribution in [3.8, 4) is 5.75 Å². The molecule has 1 heterocycles. The van der Waals surface area contributed by atoms with E-state index in [0.717, 1.165) is 11.0 Å². The molecule has 0 saturated carbocycles. The van der Waals surface area contributed by atoms with Crippen molar-refractivity contribution in [1.29, 1.82) is 0 Å². The van der Waals surface area contributed by atoms with Gasteiger partial charge in [0.2, 0.25) is 0 Å². The largest absolute Gasteiger partial charge is 0.495 e. The van der Waals surface area contributed by atoms with E-state index in [1.54, 1.807) is 14.0 Å². The summed E-state index contributed by atoms with van der Waals surface area (Å²) in [7, 11) is 1.08. The van der Waals surface area contributed by atoms with E-state index in [2.05, 4.69) is 0 Å². The molecule has 2 rings (SSSR count). The summed E-state index contributed by atoms with van der Waals surface area (Å²) in [6.07, 6.45) is 1.97. The normalized spacial score (nSPS) is 19.1. The summed E-state index contributed by atoms with van der Waals surface area (Å²) in [6, 6.07) is 5.57. The first-order chi connectivity index (χ1) is 11.6. The molecule has 7 heteroatoms. The molecule has 1 fully saturated rings. The van der Waals surface area contributed by atoms with Crippen LogP contribution in [0, 0.1) is 0 Å². The predicted molar refractivity (Wildman–Crippen MR) is 105 cm³/mol. The SMILES string of the molecule is COc1ccc(C=C(CSC(C)=O)B2OC(C)(C)C(C)(C)O2)cc1N. The second-order valence-corrected chi connectivity index (χ2v) is 8.24. The number of nitrogens with two attached hydrogens (primary N) is 1. The Kier molecular flexibility index (Phi) is 5.91. The van der Waals surface area contributed by atoms with Gasteiger partial charge in [-0.2, -0.15) is 0 Å². The molecule has 1 aliphatic rings. The van der Waals surface area contributed by atoms with E-state index in [0.29, 0.717) is 17.2 Å². The van der Waals surface area contributed by atoms with Crippen LogP contribution in [-0.4, -0.2) is 36.3 Å². The minimum absolute atomic E-state index is 0.0525. The highest BCUT2D eigenvalue weighted by Crippen LogP contribution is 2.39. The van der Waals surface area contributed by atoms with Gasteiger partial charge in [0.25, 0.3) is 0 Å². The average Bonchev–Trinajstić information content (AvgIpc) is 2.71. The molecule has 25 heavy (non-hydrogen) atoms. The fraction of sp³-hybridized carbons (Fsp3) is 0.500. The van der Waals surface area contributed by atoms with Crippen molar-refractivity contribution in [1.82, 2.24) is 0 Å². The van der Waals surface area contributed by atoms with Crippen LogP contribution in [0.15, 0.2) is 23.7 Å². The molecule has 2 N–H and O–H groups in total. The number of carbonyl (C=O) groups is 1. The zero-order valence-corrected chi connectivity index (χ0v) is 16.5. The number of ether oxygens (including phenoxy) is 1. The van der Waals surface area contributed by atoms with Gasteiger partial charge in [-0.05, 0) is 50.9 Å². The van der Waals surface area contributed by atoms with Crippen LogP contribution in [-0.2, 0) is 14.1 Å². The van der Waals surface area contributed by atoms with Gasteiger partial charge in [0.15, 0.2) is 5.12 Å².